The Hall–Kier alpha value is -2.12. The van der Waals surface area contributed by atoms with Gasteiger partial charge in [0.1, 0.15) is 23.7 Å². The molecule has 1 aromatic heterocycles. The van der Waals surface area contributed by atoms with E-state index in [1.807, 2.05) is 44.2 Å². The molecule has 3 rings (SSSR count). The lowest BCUT2D eigenvalue weighted by molar-refractivity contribution is -0.917. The van der Waals surface area contributed by atoms with Crippen LogP contribution in [-0.2, 0) is 6.54 Å². The SMILES string of the molecule is CCOc1ccc(NC(=S)N2CC[NH+](Cc3cc(C)on3)CC2)cc1. The number of rotatable bonds is 5. The number of aryl methyl sites for hydroxylation is 1. The highest BCUT2D eigenvalue weighted by molar-refractivity contribution is 7.80. The van der Waals surface area contributed by atoms with Gasteiger partial charge in [0, 0.05) is 11.8 Å². The third-order valence-corrected chi connectivity index (χ3v) is 4.64. The molecule has 2 N–H and O–H groups in total. The maximum absolute atomic E-state index is 5.56. The van der Waals surface area contributed by atoms with E-state index >= 15 is 0 Å². The van der Waals surface area contributed by atoms with E-state index in [1.165, 1.54) is 4.90 Å². The van der Waals surface area contributed by atoms with Gasteiger partial charge in [-0.3, -0.25) is 0 Å². The van der Waals surface area contributed by atoms with Crippen molar-refractivity contribution in [2.45, 2.75) is 20.4 Å². The molecule has 1 saturated heterocycles. The van der Waals surface area contributed by atoms with Gasteiger partial charge in [0.2, 0.25) is 0 Å². The van der Waals surface area contributed by atoms with E-state index in [9.17, 15) is 0 Å². The quantitative estimate of drug-likeness (QED) is 0.787. The van der Waals surface area contributed by atoms with Crippen molar-refractivity contribution in [3.63, 3.8) is 0 Å². The Morgan fingerprint density at radius 2 is 2.04 bits per heavy atom. The molecule has 2 heterocycles. The van der Waals surface area contributed by atoms with Crippen LogP contribution in [0.4, 0.5) is 5.69 Å². The van der Waals surface area contributed by atoms with E-state index in [0.717, 1.165) is 60.7 Å². The molecule has 25 heavy (non-hydrogen) atoms. The maximum Gasteiger partial charge on any atom is 0.173 e. The number of anilines is 1. The first-order valence-corrected chi connectivity index (χ1v) is 9.09. The molecule has 0 unspecified atom stereocenters. The second-order valence-corrected chi connectivity index (χ2v) is 6.62. The second-order valence-electron chi connectivity index (χ2n) is 6.23. The van der Waals surface area contributed by atoms with Crippen LogP contribution in [0.1, 0.15) is 18.4 Å². The molecule has 0 amide bonds. The van der Waals surface area contributed by atoms with Gasteiger partial charge in [0.25, 0.3) is 0 Å². The van der Waals surface area contributed by atoms with Crippen LogP contribution in [0.3, 0.4) is 0 Å². The van der Waals surface area contributed by atoms with Crippen molar-refractivity contribution in [2.24, 2.45) is 0 Å². The van der Waals surface area contributed by atoms with E-state index < -0.39 is 0 Å². The predicted octanol–water partition coefficient (Wildman–Crippen LogP) is 1.48. The van der Waals surface area contributed by atoms with Crippen molar-refractivity contribution in [3.05, 3.63) is 41.8 Å². The number of nitrogens with one attached hydrogen (secondary N) is 2. The Bertz CT molecular complexity index is 693. The van der Waals surface area contributed by atoms with Gasteiger partial charge in [-0.1, -0.05) is 5.16 Å². The number of piperazine rings is 1. The lowest BCUT2D eigenvalue weighted by Crippen LogP contribution is -3.13. The minimum absolute atomic E-state index is 0.672. The van der Waals surface area contributed by atoms with Crippen molar-refractivity contribution in [1.82, 2.24) is 10.1 Å². The molecule has 7 heteroatoms. The molecule has 0 bridgehead atoms. The summed E-state index contributed by atoms with van der Waals surface area (Å²) in [6.45, 7) is 9.44. The predicted molar refractivity (Wildman–Crippen MR) is 101 cm³/mol. The van der Waals surface area contributed by atoms with E-state index in [-0.39, 0.29) is 0 Å². The molecule has 1 aromatic carbocycles. The highest BCUT2D eigenvalue weighted by atomic mass is 32.1. The zero-order valence-electron chi connectivity index (χ0n) is 14.7. The smallest absolute Gasteiger partial charge is 0.173 e. The van der Waals surface area contributed by atoms with E-state index in [2.05, 4.69) is 15.4 Å². The van der Waals surface area contributed by atoms with Gasteiger partial charge < -0.3 is 24.4 Å². The van der Waals surface area contributed by atoms with Gasteiger partial charge in [-0.05, 0) is 50.3 Å². The molecule has 0 radical (unpaired) electrons. The Kier molecular flexibility index (Phi) is 5.88. The number of thiocarbonyl (C=S) groups is 1. The number of nitrogens with zero attached hydrogens (tertiary/aromatic N) is 2. The molecule has 0 aliphatic carbocycles. The zero-order valence-corrected chi connectivity index (χ0v) is 15.6. The van der Waals surface area contributed by atoms with Gasteiger partial charge in [-0.2, -0.15) is 0 Å². The highest BCUT2D eigenvalue weighted by Gasteiger charge is 2.22. The Balaban J connectivity index is 1.46. The fraction of sp³-hybridized carbons (Fsp3) is 0.444. The first kappa shape index (κ1) is 17.7. The molecule has 6 nitrogen and oxygen atoms in total. The van der Waals surface area contributed by atoms with E-state index in [1.54, 1.807) is 0 Å². The topological polar surface area (TPSA) is 55.0 Å². The van der Waals surface area contributed by atoms with Crippen LogP contribution < -0.4 is 15.0 Å². The molecule has 2 aromatic rings. The summed E-state index contributed by atoms with van der Waals surface area (Å²) < 4.78 is 10.6. The van der Waals surface area contributed by atoms with Gasteiger partial charge in [-0.15, -0.1) is 0 Å². The summed E-state index contributed by atoms with van der Waals surface area (Å²) in [5.41, 5.74) is 2.01. The molecule has 0 spiro atoms. The highest BCUT2D eigenvalue weighted by Crippen LogP contribution is 2.16. The zero-order chi connectivity index (χ0) is 17.6. The van der Waals surface area contributed by atoms with Crippen LogP contribution in [-0.4, -0.2) is 48.0 Å². The number of aromatic nitrogens is 1. The Labute approximate surface area is 153 Å². The van der Waals surface area contributed by atoms with Crippen LogP contribution in [0.15, 0.2) is 34.9 Å². The lowest BCUT2D eigenvalue weighted by atomic mass is 10.3. The average molecular weight is 361 g/mol. The lowest BCUT2D eigenvalue weighted by Gasteiger charge is -2.33. The van der Waals surface area contributed by atoms with Gasteiger partial charge >= 0.3 is 0 Å². The molecule has 1 aliphatic heterocycles. The van der Waals surface area contributed by atoms with Crippen molar-refractivity contribution in [2.75, 3.05) is 38.1 Å². The number of ether oxygens (including phenoxy) is 1. The third-order valence-electron chi connectivity index (χ3n) is 4.28. The normalized spacial score (nSPS) is 15.2. The van der Waals surface area contributed by atoms with Crippen LogP contribution >= 0.6 is 12.2 Å². The summed E-state index contributed by atoms with van der Waals surface area (Å²) in [6, 6.07) is 9.90. The van der Waals surface area contributed by atoms with E-state index in [4.69, 9.17) is 21.5 Å². The summed E-state index contributed by atoms with van der Waals surface area (Å²) >= 11 is 5.56. The van der Waals surface area contributed by atoms with Crippen molar-refractivity contribution in [3.8, 4) is 5.75 Å². The minimum Gasteiger partial charge on any atom is -0.494 e. The molecular weight excluding hydrogens is 336 g/mol. The van der Waals surface area contributed by atoms with Crippen molar-refractivity contribution < 1.29 is 14.2 Å². The molecule has 1 fully saturated rings. The first-order valence-electron chi connectivity index (χ1n) is 8.68. The molecule has 1 aliphatic rings. The second kappa shape index (κ2) is 8.31. The fourth-order valence-corrected chi connectivity index (χ4v) is 3.26. The summed E-state index contributed by atoms with van der Waals surface area (Å²) in [7, 11) is 0. The average Bonchev–Trinajstić information content (AvgIpc) is 3.02. The summed E-state index contributed by atoms with van der Waals surface area (Å²) in [5.74, 6) is 1.74. The largest absolute Gasteiger partial charge is 0.494 e. The van der Waals surface area contributed by atoms with E-state index in [0.29, 0.717) is 6.61 Å². The first-order chi connectivity index (χ1) is 12.1. The van der Waals surface area contributed by atoms with Gasteiger partial charge in [0.15, 0.2) is 5.11 Å². The molecule has 0 saturated carbocycles. The maximum atomic E-state index is 5.56. The third kappa shape index (κ3) is 4.93. The Morgan fingerprint density at radius 3 is 2.64 bits per heavy atom. The molecule has 0 atom stereocenters. The fourth-order valence-electron chi connectivity index (χ4n) is 2.96. The number of hydrogen-bond acceptors (Lipinski definition) is 4. The number of benzene rings is 1. The number of hydrogen-bond donors (Lipinski definition) is 2. The molecular formula is C18H25N4O2S+. The van der Waals surface area contributed by atoms with Crippen LogP contribution in [0, 0.1) is 6.92 Å². The summed E-state index contributed by atoms with van der Waals surface area (Å²) in [6.07, 6.45) is 0. The standard InChI is InChI=1S/C18H24N4O2S/c1-3-23-17-6-4-15(5-7-17)19-18(25)22-10-8-21(9-11-22)13-16-12-14(2)24-20-16/h4-7,12H,3,8-11,13H2,1-2H3,(H,19,25)/p+1. The Morgan fingerprint density at radius 1 is 1.32 bits per heavy atom. The monoisotopic (exact) mass is 361 g/mol. The van der Waals surface area contributed by atoms with Crippen LogP contribution in [0.25, 0.3) is 0 Å². The summed E-state index contributed by atoms with van der Waals surface area (Å²) in [4.78, 5) is 3.73. The minimum atomic E-state index is 0.672. The van der Waals surface area contributed by atoms with Gasteiger partial charge in [0.05, 0.1) is 32.8 Å². The molecule has 134 valence electrons. The van der Waals surface area contributed by atoms with Crippen LogP contribution in [0.5, 0.6) is 5.75 Å². The van der Waals surface area contributed by atoms with Crippen LogP contribution in [0.2, 0.25) is 0 Å². The van der Waals surface area contributed by atoms with Crippen molar-refractivity contribution in [1.29, 1.82) is 0 Å². The summed E-state index contributed by atoms with van der Waals surface area (Å²) in [5, 5.41) is 8.17. The van der Waals surface area contributed by atoms with Gasteiger partial charge in [-0.25, -0.2) is 0 Å². The van der Waals surface area contributed by atoms with Crippen molar-refractivity contribution >= 4 is 23.0 Å². The number of quaternary nitrogens is 1.